The van der Waals surface area contributed by atoms with Gasteiger partial charge in [-0.1, -0.05) is 26.0 Å². The summed E-state index contributed by atoms with van der Waals surface area (Å²) < 4.78 is 10.5. The molecule has 0 aliphatic carbocycles. The molecule has 0 unspecified atom stereocenters. The lowest BCUT2D eigenvalue weighted by molar-refractivity contribution is -0.112. The fourth-order valence-electron chi connectivity index (χ4n) is 2.36. The zero-order valence-electron chi connectivity index (χ0n) is 16.8. The Labute approximate surface area is 170 Å². The summed E-state index contributed by atoms with van der Waals surface area (Å²) >= 11 is 0. The van der Waals surface area contributed by atoms with Crippen LogP contribution in [-0.2, 0) is 9.53 Å². The number of nitrogens with zero attached hydrogens (tertiary/aromatic N) is 1. The molecule has 0 saturated heterocycles. The zero-order valence-corrected chi connectivity index (χ0v) is 16.8. The van der Waals surface area contributed by atoms with Crippen molar-refractivity contribution in [2.24, 2.45) is 5.92 Å². The lowest BCUT2D eigenvalue weighted by atomic mass is 10.1. The lowest BCUT2D eigenvalue weighted by Gasteiger charge is -2.08. The molecule has 0 heterocycles. The number of rotatable bonds is 8. The molecule has 0 aromatic heterocycles. The van der Waals surface area contributed by atoms with Gasteiger partial charge in [0.15, 0.2) is 0 Å². The van der Waals surface area contributed by atoms with Gasteiger partial charge in [0.2, 0.25) is 0 Å². The van der Waals surface area contributed by atoms with E-state index in [9.17, 15) is 14.9 Å². The number of nitriles is 1. The Morgan fingerprint density at radius 2 is 1.76 bits per heavy atom. The summed E-state index contributed by atoms with van der Waals surface area (Å²) in [5, 5.41) is 12.0. The van der Waals surface area contributed by atoms with E-state index in [2.05, 4.69) is 5.32 Å². The average molecular weight is 392 g/mol. The monoisotopic (exact) mass is 392 g/mol. The van der Waals surface area contributed by atoms with E-state index in [-0.39, 0.29) is 11.5 Å². The predicted molar refractivity (Wildman–Crippen MR) is 111 cm³/mol. The molecule has 6 heteroatoms. The number of esters is 1. The first kappa shape index (κ1) is 21.7. The predicted octanol–water partition coefficient (Wildman–Crippen LogP) is 4.44. The molecular weight excluding hydrogens is 368 g/mol. The normalized spacial score (nSPS) is 10.9. The molecule has 2 rings (SSSR count). The van der Waals surface area contributed by atoms with E-state index in [1.807, 2.05) is 26.8 Å². The molecule has 2 aromatic carbocycles. The number of hydrogen-bond acceptors (Lipinski definition) is 5. The minimum Gasteiger partial charge on any atom is -0.494 e. The number of ether oxygens (including phenoxy) is 2. The van der Waals surface area contributed by atoms with Gasteiger partial charge in [-0.2, -0.15) is 5.26 Å². The summed E-state index contributed by atoms with van der Waals surface area (Å²) in [6, 6.07) is 15.3. The van der Waals surface area contributed by atoms with E-state index in [1.54, 1.807) is 48.5 Å². The summed E-state index contributed by atoms with van der Waals surface area (Å²) in [7, 11) is 0. The third kappa shape index (κ3) is 6.82. The molecule has 1 N–H and O–H groups in total. The van der Waals surface area contributed by atoms with Gasteiger partial charge < -0.3 is 14.8 Å². The highest BCUT2D eigenvalue weighted by molar-refractivity contribution is 6.09. The number of carbonyl (C=O) groups excluding carboxylic acids is 2. The van der Waals surface area contributed by atoms with Crippen molar-refractivity contribution in [1.82, 2.24) is 0 Å². The minimum absolute atomic E-state index is 0.0328. The van der Waals surface area contributed by atoms with E-state index in [4.69, 9.17) is 9.47 Å². The van der Waals surface area contributed by atoms with Gasteiger partial charge in [0.1, 0.15) is 17.4 Å². The fourth-order valence-corrected chi connectivity index (χ4v) is 2.36. The molecule has 0 aliphatic rings. The van der Waals surface area contributed by atoms with Crippen LogP contribution in [0.2, 0.25) is 0 Å². The molecule has 0 spiro atoms. The molecule has 29 heavy (non-hydrogen) atoms. The van der Waals surface area contributed by atoms with E-state index in [0.717, 1.165) is 5.75 Å². The minimum atomic E-state index is -0.531. The SMILES string of the molecule is CCOc1ccc(/C=C(\C#N)C(=O)Nc2ccc(C(=O)OCC(C)C)cc2)cc1. The van der Waals surface area contributed by atoms with Crippen LogP contribution in [0.3, 0.4) is 0 Å². The second kappa shape index (κ2) is 10.7. The molecule has 2 aromatic rings. The van der Waals surface area contributed by atoms with Crippen molar-refractivity contribution < 1.29 is 19.1 Å². The smallest absolute Gasteiger partial charge is 0.338 e. The van der Waals surface area contributed by atoms with Gasteiger partial charge >= 0.3 is 5.97 Å². The fraction of sp³-hybridized carbons (Fsp3) is 0.261. The van der Waals surface area contributed by atoms with Crippen LogP contribution < -0.4 is 10.1 Å². The molecule has 0 saturated carbocycles. The third-order valence-electron chi connectivity index (χ3n) is 3.79. The molecule has 6 nitrogen and oxygen atoms in total. The van der Waals surface area contributed by atoms with Crippen molar-refractivity contribution in [2.75, 3.05) is 18.5 Å². The summed E-state index contributed by atoms with van der Waals surface area (Å²) in [5.74, 6) is 0.0323. The van der Waals surface area contributed by atoms with Crippen molar-refractivity contribution >= 4 is 23.6 Å². The Kier molecular flexibility index (Phi) is 7.99. The molecule has 0 atom stereocenters. The van der Waals surface area contributed by atoms with Gasteiger partial charge in [-0.05, 0) is 60.9 Å². The number of hydrogen-bond donors (Lipinski definition) is 1. The highest BCUT2D eigenvalue weighted by atomic mass is 16.5. The van der Waals surface area contributed by atoms with Crippen LogP contribution in [0.1, 0.15) is 36.7 Å². The number of anilines is 1. The number of benzene rings is 2. The zero-order chi connectivity index (χ0) is 21.2. The highest BCUT2D eigenvalue weighted by Gasteiger charge is 2.12. The van der Waals surface area contributed by atoms with Gasteiger partial charge in [-0.25, -0.2) is 4.79 Å². The van der Waals surface area contributed by atoms with E-state index < -0.39 is 11.9 Å². The second-order valence-electron chi connectivity index (χ2n) is 6.70. The van der Waals surface area contributed by atoms with Crippen LogP contribution >= 0.6 is 0 Å². The van der Waals surface area contributed by atoms with E-state index >= 15 is 0 Å². The van der Waals surface area contributed by atoms with Gasteiger partial charge in [0, 0.05) is 5.69 Å². The van der Waals surface area contributed by atoms with Crippen molar-refractivity contribution in [1.29, 1.82) is 5.26 Å². The van der Waals surface area contributed by atoms with Crippen LogP contribution in [0.15, 0.2) is 54.1 Å². The number of carbonyl (C=O) groups is 2. The van der Waals surface area contributed by atoms with Crippen molar-refractivity contribution in [3.8, 4) is 11.8 Å². The Morgan fingerprint density at radius 3 is 2.31 bits per heavy atom. The van der Waals surface area contributed by atoms with Crippen molar-refractivity contribution in [3.05, 3.63) is 65.2 Å². The first-order valence-electron chi connectivity index (χ1n) is 9.36. The number of nitrogens with one attached hydrogen (secondary N) is 1. The summed E-state index contributed by atoms with van der Waals surface area (Å²) in [6.45, 7) is 6.72. The van der Waals surface area contributed by atoms with Crippen LogP contribution in [0.4, 0.5) is 5.69 Å². The maximum absolute atomic E-state index is 12.4. The highest BCUT2D eigenvalue weighted by Crippen LogP contribution is 2.16. The largest absolute Gasteiger partial charge is 0.494 e. The molecular formula is C23H24N2O4. The van der Waals surface area contributed by atoms with E-state index in [1.165, 1.54) is 6.08 Å². The number of amides is 1. The topological polar surface area (TPSA) is 88.4 Å². The van der Waals surface area contributed by atoms with Gasteiger partial charge in [0.25, 0.3) is 5.91 Å². The first-order chi connectivity index (χ1) is 13.9. The molecule has 0 fully saturated rings. The summed E-state index contributed by atoms with van der Waals surface area (Å²) in [4.78, 5) is 24.3. The Balaban J connectivity index is 2.03. The summed E-state index contributed by atoms with van der Waals surface area (Å²) in [6.07, 6.45) is 1.50. The van der Waals surface area contributed by atoms with Crippen molar-refractivity contribution in [2.45, 2.75) is 20.8 Å². The van der Waals surface area contributed by atoms with Crippen molar-refractivity contribution in [3.63, 3.8) is 0 Å². The Bertz CT molecular complexity index is 907. The quantitative estimate of drug-likeness (QED) is 0.407. The Morgan fingerprint density at radius 1 is 1.10 bits per heavy atom. The molecule has 0 aliphatic heterocycles. The van der Waals surface area contributed by atoms with Crippen LogP contribution in [0.5, 0.6) is 5.75 Å². The molecule has 0 radical (unpaired) electrons. The molecule has 1 amide bonds. The molecule has 150 valence electrons. The van der Waals surface area contributed by atoms with Gasteiger partial charge in [-0.3, -0.25) is 4.79 Å². The van der Waals surface area contributed by atoms with Crippen LogP contribution in [-0.4, -0.2) is 25.1 Å². The standard InChI is InChI=1S/C23H24N2O4/c1-4-28-21-11-5-17(6-12-21)13-19(14-24)22(26)25-20-9-7-18(8-10-20)23(27)29-15-16(2)3/h5-13,16H,4,15H2,1-3H3,(H,25,26)/b19-13+. The average Bonchev–Trinajstić information content (AvgIpc) is 2.72. The maximum atomic E-state index is 12.4. The first-order valence-corrected chi connectivity index (χ1v) is 9.36. The van der Waals surface area contributed by atoms with Gasteiger partial charge in [0.05, 0.1) is 18.8 Å². The third-order valence-corrected chi connectivity index (χ3v) is 3.79. The lowest BCUT2D eigenvalue weighted by Crippen LogP contribution is -2.14. The van der Waals surface area contributed by atoms with Crippen LogP contribution in [0, 0.1) is 17.2 Å². The summed E-state index contributed by atoms with van der Waals surface area (Å²) in [5.41, 5.74) is 1.55. The van der Waals surface area contributed by atoms with Gasteiger partial charge in [-0.15, -0.1) is 0 Å². The van der Waals surface area contributed by atoms with Crippen LogP contribution in [0.25, 0.3) is 6.08 Å². The van der Waals surface area contributed by atoms with E-state index in [0.29, 0.717) is 30.0 Å². The second-order valence-corrected chi connectivity index (χ2v) is 6.70. The maximum Gasteiger partial charge on any atom is 0.338 e. The molecule has 0 bridgehead atoms. The Hall–Kier alpha value is -3.59.